The van der Waals surface area contributed by atoms with Gasteiger partial charge in [-0.1, -0.05) is 6.92 Å². The van der Waals surface area contributed by atoms with E-state index in [2.05, 4.69) is 10.6 Å². The Morgan fingerprint density at radius 2 is 2.25 bits per heavy atom. The lowest BCUT2D eigenvalue weighted by Crippen LogP contribution is -2.50. The van der Waals surface area contributed by atoms with Gasteiger partial charge in [0.25, 0.3) is 0 Å². The Bertz CT molecular complexity index is 258. The molecule has 1 aliphatic rings. The van der Waals surface area contributed by atoms with Crippen LogP contribution < -0.4 is 10.6 Å². The number of esters is 1. The zero-order valence-electron chi connectivity index (χ0n) is 10.1. The van der Waals surface area contributed by atoms with Gasteiger partial charge in [-0.15, -0.1) is 0 Å². The highest BCUT2D eigenvalue weighted by Crippen LogP contribution is 2.09. The van der Waals surface area contributed by atoms with Crippen LogP contribution in [0.25, 0.3) is 0 Å². The average Bonchev–Trinajstić information content (AvgIpc) is 2.30. The maximum absolute atomic E-state index is 11.3. The zero-order chi connectivity index (χ0) is 12.1. The number of rotatable bonds is 4. The van der Waals surface area contributed by atoms with Gasteiger partial charge in [-0.3, -0.25) is 9.59 Å². The Hall–Kier alpha value is -1.10. The molecule has 5 nitrogen and oxygen atoms in total. The summed E-state index contributed by atoms with van der Waals surface area (Å²) in [5.74, 6) is -0.283. The largest absolute Gasteiger partial charge is 0.469 e. The van der Waals surface area contributed by atoms with E-state index in [-0.39, 0.29) is 29.9 Å². The highest BCUT2D eigenvalue weighted by Gasteiger charge is 2.25. The van der Waals surface area contributed by atoms with Crippen LogP contribution in [-0.2, 0) is 14.3 Å². The molecule has 1 fully saturated rings. The standard InChI is InChI=1S/C11H20N2O3/c1-7(11(15)16-3)8(2)13-9-4-5-10(14)12-6-9/h7-9,13H,4-6H2,1-3H3,(H,12,14). The van der Waals surface area contributed by atoms with Crippen LogP contribution in [0.4, 0.5) is 0 Å². The number of ether oxygens (including phenoxy) is 1. The van der Waals surface area contributed by atoms with Gasteiger partial charge in [0, 0.05) is 25.0 Å². The second-order valence-corrected chi connectivity index (χ2v) is 4.31. The minimum atomic E-state index is -0.208. The van der Waals surface area contributed by atoms with Crippen molar-refractivity contribution in [1.29, 1.82) is 0 Å². The van der Waals surface area contributed by atoms with Crippen molar-refractivity contribution in [2.24, 2.45) is 5.92 Å². The smallest absolute Gasteiger partial charge is 0.309 e. The Balaban J connectivity index is 2.36. The molecule has 1 aliphatic heterocycles. The fourth-order valence-electron chi connectivity index (χ4n) is 1.78. The van der Waals surface area contributed by atoms with E-state index < -0.39 is 0 Å². The molecule has 1 heterocycles. The summed E-state index contributed by atoms with van der Waals surface area (Å²) in [6.45, 7) is 4.43. The zero-order valence-corrected chi connectivity index (χ0v) is 10.1. The topological polar surface area (TPSA) is 67.4 Å². The molecule has 0 radical (unpaired) electrons. The van der Waals surface area contributed by atoms with Crippen LogP contribution in [-0.4, -0.2) is 37.6 Å². The summed E-state index contributed by atoms with van der Waals surface area (Å²) in [5, 5.41) is 6.14. The minimum absolute atomic E-state index is 0.0486. The van der Waals surface area contributed by atoms with E-state index in [1.165, 1.54) is 7.11 Å². The molecule has 3 unspecified atom stereocenters. The molecule has 0 aromatic heterocycles. The molecule has 1 rings (SSSR count). The normalized spacial score (nSPS) is 24.4. The number of carbonyl (C=O) groups is 2. The molecule has 0 aromatic rings. The molecular formula is C11H20N2O3. The lowest BCUT2D eigenvalue weighted by molar-refractivity contribution is -0.145. The Kier molecular flexibility index (Phi) is 4.73. The van der Waals surface area contributed by atoms with Crippen molar-refractivity contribution in [3.63, 3.8) is 0 Å². The molecule has 0 spiro atoms. The van der Waals surface area contributed by atoms with Crippen molar-refractivity contribution in [1.82, 2.24) is 10.6 Å². The van der Waals surface area contributed by atoms with E-state index in [9.17, 15) is 9.59 Å². The van der Waals surface area contributed by atoms with Gasteiger partial charge >= 0.3 is 5.97 Å². The predicted octanol–water partition coefficient (Wildman–Crippen LogP) is 0.0522. The fraction of sp³-hybridized carbons (Fsp3) is 0.818. The molecule has 2 N–H and O–H groups in total. The first kappa shape index (κ1) is 13.0. The maximum atomic E-state index is 11.3. The molecule has 16 heavy (non-hydrogen) atoms. The number of piperidine rings is 1. The molecule has 0 aromatic carbocycles. The van der Waals surface area contributed by atoms with E-state index in [0.29, 0.717) is 13.0 Å². The van der Waals surface area contributed by atoms with Crippen molar-refractivity contribution < 1.29 is 14.3 Å². The summed E-state index contributed by atoms with van der Waals surface area (Å²) in [7, 11) is 1.40. The number of carbonyl (C=O) groups excluding carboxylic acids is 2. The van der Waals surface area contributed by atoms with Gasteiger partial charge in [-0.05, 0) is 13.3 Å². The number of methoxy groups -OCH3 is 1. The van der Waals surface area contributed by atoms with Crippen LogP contribution in [0.5, 0.6) is 0 Å². The summed E-state index contributed by atoms with van der Waals surface area (Å²) in [6.07, 6.45) is 1.38. The second-order valence-electron chi connectivity index (χ2n) is 4.31. The predicted molar refractivity (Wildman–Crippen MR) is 59.8 cm³/mol. The van der Waals surface area contributed by atoms with Gasteiger partial charge in [-0.25, -0.2) is 0 Å². The Labute approximate surface area is 95.9 Å². The molecule has 1 saturated heterocycles. The fourth-order valence-corrected chi connectivity index (χ4v) is 1.78. The SMILES string of the molecule is COC(=O)C(C)C(C)NC1CCC(=O)NC1. The third kappa shape index (κ3) is 3.48. The molecule has 0 aliphatic carbocycles. The summed E-state index contributed by atoms with van der Waals surface area (Å²) < 4.78 is 4.69. The third-order valence-electron chi connectivity index (χ3n) is 3.09. The summed E-state index contributed by atoms with van der Waals surface area (Å²) in [6, 6.07) is 0.298. The monoisotopic (exact) mass is 228 g/mol. The quantitative estimate of drug-likeness (QED) is 0.667. The van der Waals surface area contributed by atoms with Crippen LogP contribution in [0.3, 0.4) is 0 Å². The lowest BCUT2D eigenvalue weighted by Gasteiger charge is -2.28. The molecular weight excluding hydrogens is 208 g/mol. The first-order valence-electron chi connectivity index (χ1n) is 5.65. The van der Waals surface area contributed by atoms with E-state index in [4.69, 9.17) is 4.74 Å². The van der Waals surface area contributed by atoms with Crippen molar-refractivity contribution in [2.45, 2.75) is 38.8 Å². The van der Waals surface area contributed by atoms with Gasteiger partial charge in [0.05, 0.1) is 13.0 Å². The molecule has 92 valence electrons. The molecule has 5 heteroatoms. The highest BCUT2D eigenvalue weighted by molar-refractivity contribution is 5.76. The summed E-state index contributed by atoms with van der Waals surface area (Å²) >= 11 is 0. The van der Waals surface area contributed by atoms with Crippen LogP contribution in [0.2, 0.25) is 0 Å². The molecule has 3 atom stereocenters. The van der Waals surface area contributed by atoms with Gasteiger partial charge in [0.2, 0.25) is 5.91 Å². The van der Waals surface area contributed by atoms with E-state index in [0.717, 1.165) is 6.42 Å². The van der Waals surface area contributed by atoms with E-state index in [1.54, 1.807) is 0 Å². The van der Waals surface area contributed by atoms with Crippen molar-refractivity contribution in [3.8, 4) is 0 Å². The average molecular weight is 228 g/mol. The molecule has 0 bridgehead atoms. The Morgan fingerprint density at radius 3 is 2.75 bits per heavy atom. The second kappa shape index (κ2) is 5.84. The van der Waals surface area contributed by atoms with Crippen molar-refractivity contribution in [2.75, 3.05) is 13.7 Å². The minimum Gasteiger partial charge on any atom is -0.469 e. The van der Waals surface area contributed by atoms with E-state index in [1.807, 2.05) is 13.8 Å². The number of amides is 1. The van der Waals surface area contributed by atoms with Gasteiger partial charge < -0.3 is 15.4 Å². The van der Waals surface area contributed by atoms with Gasteiger partial charge in [0.15, 0.2) is 0 Å². The number of hydrogen-bond acceptors (Lipinski definition) is 4. The summed E-state index contributed by atoms with van der Waals surface area (Å²) in [5.41, 5.74) is 0. The lowest BCUT2D eigenvalue weighted by atomic mass is 10.0. The highest BCUT2D eigenvalue weighted by atomic mass is 16.5. The van der Waals surface area contributed by atoms with Crippen LogP contribution in [0.15, 0.2) is 0 Å². The first-order valence-corrected chi connectivity index (χ1v) is 5.65. The molecule has 0 saturated carbocycles. The number of nitrogens with one attached hydrogen (secondary N) is 2. The number of hydrogen-bond donors (Lipinski definition) is 2. The summed E-state index contributed by atoms with van der Waals surface area (Å²) in [4.78, 5) is 22.3. The van der Waals surface area contributed by atoms with Crippen LogP contribution in [0.1, 0.15) is 26.7 Å². The van der Waals surface area contributed by atoms with Gasteiger partial charge in [-0.2, -0.15) is 0 Å². The van der Waals surface area contributed by atoms with Crippen molar-refractivity contribution in [3.05, 3.63) is 0 Å². The molecule has 1 amide bonds. The Morgan fingerprint density at radius 1 is 1.56 bits per heavy atom. The van der Waals surface area contributed by atoms with E-state index >= 15 is 0 Å². The first-order chi connectivity index (χ1) is 7.54. The van der Waals surface area contributed by atoms with Crippen molar-refractivity contribution >= 4 is 11.9 Å². The van der Waals surface area contributed by atoms with Crippen LogP contribution in [0, 0.1) is 5.92 Å². The maximum Gasteiger partial charge on any atom is 0.309 e. The van der Waals surface area contributed by atoms with Gasteiger partial charge in [0.1, 0.15) is 0 Å². The third-order valence-corrected chi connectivity index (χ3v) is 3.09. The van der Waals surface area contributed by atoms with Crippen LogP contribution >= 0.6 is 0 Å².